The Morgan fingerprint density at radius 3 is 1.95 bits per heavy atom. The minimum atomic E-state index is -1.74. The van der Waals surface area contributed by atoms with Crippen molar-refractivity contribution in [3.05, 3.63) is 40.0 Å². The van der Waals surface area contributed by atoms with Gasteiger partial charge in [0.25, 0.3) is 0 Å². The van der Waals surface area contributed by atoms with Gasteiger partial charge in [-0.3, -0.25) is 0 Å². The lowest BCUT2D eigenvalue weighted by Gasteiger charge is -2.25. The molecule has 2 unspecified atom stereocenters. The SMILES string of the molecule is [C-]#[N+]c1c(F)c(C#N)c(F)c(F)c1C(C(C)O)C(C)O. The summed E-state index contributed by atoms with van der Waals surface area (Å²) in [5.41, 5.74) is -2.88. The molecule has 106 valence electrons. The first-order valence-electron chi connectivity index (χ1n) is 5.61. The molecule has 7 heteroatoms. The van der Waals surface area contributed by atoms with Gasteiger partial charge in [0, 0.05) is 11.5 Å². The van der Waals surface area contributed by atoms with E-state index in [4.69, 9.17) is 11.8 Å². The van der Waals surface area contributed by atoms with Gasteiger partial charge in [-0.15, -0.1) is 0 Å². The van der Waals surface area contributed by atoms with Gasteiger partial charge in [-0.05, 0) is 13.8 Å². The molecule has 0 saturated heterocycles. The van der Waals surface area contributed by atoms with Crippen LogP contribution in [0.25, 0.3) is 4.85 Å². The molecule has 0 aromatic heterocycles. The van der Waals surface area contributed by atoms with Crippen molar-refractivity contribution in [1.29, 1.82) is 5.26 Å². The Bertz CT molecular complexity index is 608. The first-order valence-corrected chi connectivity index (χ1v) is 5.61. The average Bonchev–Trinajstić information content (AvgIpc) is 2.35. The molecule has 1 aromatic carbocycles. The minimum absolute atomic E-state index is 0.765. The van der Waals surface area contributed by atoms with Gasteiger partial charge in [-0.25, -0.2) is 18.0 Å². The van der Waals surface area contributed by atoms with E-state index in [0.29, 0.717) is 0 Å². The number of halogens is 3. The summed E-state index contributed by atoms with van der Waals surface area (Å²) in [5.74, 6) is -6.24. The highest BCUT2D eigenvalue weighted by Crippen LogP contribution is 2.39. The maximum Gasteiger partial charge on any atom is 0.230 e. The van der Waals surface area contributed by atoms with Crippen molar-refractivity contribution >= 4 is 5.69 Å². The third-order valence-electron chi connectivity index (χ3n) is 2.93. The van der Waals surface area contributed by atoms with Crippen LogP contribution in [0.4, 0.5) is 18.9 Å². The van der Waals surface area contributed by atoms with Gasteiger partial charge in [-0.1, -0.05) is 0 Å². The van der Waals surface area contributed by atoms with Crippen molar-refractivity contribution < 1.29 is 23.4 Å². The highest BCUT2D eigenvalue weighted by molar-refractivity contribution is 5.61. The molecule has 0 saturated carbocycles. The summed E-state index contributed by atoms with van der Waals surface area (Å²) >= 11 is 0. The van der Waals surface area contributed by atoms with Crippen LogP contribution in [0.15, 0.2) is 0 Å². The van der Waals surface area contributed by atoms with Crippen molar-refractivity contribution in [3.8, 4) is 6.07 Å². The quantitative estimate of drug-likeness (QED) is 0.661. The number of aliphatic hydroxyl groups excluding tert-OH is 2. The second-order valence-electron chi connectivity index (χ2n) is 4.31. The maximum absolute atomic E-state index is 14.0. The van der Waals surface area contributed by atoms with Crippen LogP contribution in [0.3, 0.4) is 0 Å². The Hall–Kier alpha value is -2.09. The van der Waals surface area contributed by atoms with Crippen molar-refractivity contribution in [3.63, 3.8) is 0 Å². The van der Waals surface area contributed by atoms with E-state index in [1.165, 1.54) is 13.8 Å². The van der Waals surface area contributed by atoms with Crippen LogP contribution >= 0.6 is 0 Å². The van der Waals surface area contributed by atoms with Crippen LogP contribution in [0.5, 0.6) is 0 Å². The second kappa shape index (κ2) is 5.91. The van der Waals surface area contributed by atoms with Crippen LogP contribution in [0.2, 0.25) is 0 Å². The number of rotatable bonds is 3. The number of aliphatic hydroxyl groups is 2. The molecule has 0 aliphatic carbocycles. The Morgan fingerprint density at radius 2 is 1.60 bits per heavy atom. The molecular weight excluding hydrogens is 273 g/mol. The summed E-state index contributed by atoms with van der Waals surface area (Å²) in [6.45, 7) is 9.25. The average molecular weight is 284 g/mol. The molecule has 0 radical (unpaired) electrons. The normalized spacial score (nSPS) is 15.1. The molecule has 0 spiro atoms. The molecule has 0 heterocycles. The molecule has 4 nitrogen and oxygen atoms in total. The van der Waals surface area contributed by atoms with Crippen LogP contribution in [0, 0.1) is 35.4 Å². The first kappa shape index (κ1) is 16.0. The van der Waals surface area contributed by atoms with Gasteiger partial charge < -0.3 is 10.2 Å². The molecule has 0 bridgehead atoms. The lowest BCUT2D eigenvalue weighted by molar-refractivity contribution is 0.0712. The predicted octanol–water partition coefficient (Wildman–Crippen LogP) is 2.37. The number of hydrogen-bond donors (Lipinski definition) is 2. The summed E-state index contributed by atoms with van der Waals surface area (Å²) in [7, 11) is 0. The van der Waals surface area contributed by atoms with Crippen LogP contribution in [-0.4, -0.2) is 22.4 Å². The molecule has 1 rings (SSSR count). The van der Waals surface area contributed by atoms with Gasteiger partial charge >= 0.3 is 0 Å². The fraction of sp³-hybridized carbons (Fsp3) is 0.385. The Labute approximate surface area is 113 Å². The van der Waals surface area contributed by atoms with Gasteiger partial charge in [0.15, 0.2) is 17.5 Å². The number of nitriles is 1. The lowest BCUT2D eigenvalue weighted by Crippen LogP contribution is -2.27. The molecule has 20 heavy (non-hydrogen) atoms. The largest absolute Gasteiger partial charge is 0.393 e. The van der Waals surface area contributed by atoms with Crippen LogP contribution < -0.4 is 0 Å². The predicted molar refractivity (Wildman–Crippen MR) is 63.4 cm³/mol. The van der Waals surface area contributed by atoms with E-state index in [2.05, 4.69) is 4.85 Å². The van der Waals surface area contributed by atoms with Crippen molar-refractivity contribution in [1.82, 2.24) is 0 Å². The summed E-state index contributed by atoms with van der Waals surface area (Å²) in [5, 5.41) is 27.7. The van der Waals surface area contributed by atoms with Gasteiger partial charge in [0.05, 0.1) is 18.8 Å². The van der Waals surface area contributed by atoms with Crippen LogP contribution in [0.1, 0.15) is 30.9 Å². The molecule has 0 amide bonds. The summed E-state index contributed by atoms with van der Waals surface area (Å²) in [4.78, 5) is 2.76. The Kier molecular flexibility index (Phi) is 4.72. The highest BCUT2D eigenvalue weighted by Gasteiger charge is 2.34. The molecule has 2 N–H and O–H groups in total. The smallest absolute Gasteiger partial charge is 0.230 e. The van der Waals surface area contributed by atoms with Crippen molar-refractivity contribution in [2.24, 2.45) is 0 Å². The summed E-state index contributed by atoms with van der Waals surface area (Å²) in [6.07, 6.45) is -2.70. The Morgan fingerprint density at radius 1 is 1.10 bits per heavy atom. The molecule has 0 aliphatic rings. The van der Waals surface area contributed by atoms with E-state index in [0.717, 1.165) is 6.07 Å². The fourth-order valence-corrected chi connectivity index (χ4v) is 2.06. The van der Waals surface area contributed by atoms with Gasteiger partial charge in [0.2, 0.25) is 5.69 Å². The molecular formula is C13H11F3N2O2. The molecule has 0 aliphatic heterocycles. The third-order valence-corrected chi connectivity index (χ3v) is 2.93. The number of hydrogen-bond acceptors (Lipinski definition) is 3. The minimum Gasteiger partial charge on any atom is -0.393 e. The standard InChI is InChI=1S/C13H11F3N2O2/c1-5(19)8(6(2)20)9-12(16)10(14)7(4-17)11(15)13(9)18-3/h5-6,8,19-20H,1-2H3. The van der Waals surface area contributed by atoms with E-state index >= 15 is 0 Å². The van der Waals surface area contributed by atoms with Gasteiger partial charge in [0.1, 0.15) is 11.6 Å². The molecule has 2 atom stereocenters. The zero-order valence-corrected chi connectivity index (χ0v) is 10.7. The van der Waals surface area contributed by atoms with E-state index in [-0.39, 0.29) is 0 Å². The fourth-order valence-electron chi connectivity index (χ4n) is 2.06. The maximum atomic E-state index is 14.0. The Balaban J connectivity index is 3.81. The lowest BCUT2D eigenvalue weighted by atomic mass is 9.87. The van der Waals surface area contributed by atoms with E-state index < -0.39 is 52.4 Å². The molecule has 1 aromatic rings. The van der Waals surface area contributed by atoms with Crippen molar-refractivity contribution in [2.75, 3.05) is 0 Å². The highest BCUT2D eigenvalue weighted by atomic mass is 19.2. The first-order chi connectivity index (χ1) is 9.27. The second-order valence-corrected chi connectivity index (χ2v) is 4.31. The molecule has 0 fully saturated rings. The van der Waals surface area contributed by atoms with E-state index in [1.54, 1.807) is 0 Å². The van der Waals surface area contributed by atoms with E-state index in [9.17, 15) is 23.4 Å². The zero-order chi connectivity index (χ0) is 15.6. The summed E-state index contributed by atoms with van der Waals surface area (Å²) < 4.78 is 41.5. The monoisotopic (exact) mass is 284 g/mol. The van der Waals surface area contributed by atoms with Crippen LogP contribution in [-0.2, 0) is 0 Å². The van der Waals surface area contributed by atoms with E-state index in [1.807, 2.05) is 0 Å². The summed E-state index contributed by atoms with van der Waals surface area (Å²) in [6, 6.07) is 1.15. The third kappa shape index (κ3) is 2.46. The zero-order valence-electron chi connectivity index (χ0n) is 10.7. The van der Waals surface area contributed by atoms with Crippen molar-refractivity contribution in [2.45, 2.75) is 32.0 Å². The number of benzene rings is 1. The van der Waals surface area contributed by atoms with Gasteiger partial charge in [-0.2, -0.15) is 5.26 Å². The topological polar surface area (TPSA) is 68.6 Å². The number of nitrogens with zero attached hydrogens (tertiary/aromatic N) is 2.